The summed E-state index contributed by atoms with van der Waals surface area (Å²) in [5, 5.41) is 8.82. The summed E-state index contributed by atoms with van der Waals surface area (Å²) in [7, 11) is 0. The molecule has 5 nitrogen and oxygen atoms in total. The average Bonchev–Trinajstić information content (AvgIpc) is 2.39. The highest BCUT2D eigenvalue weighted by Gasteiger charge is 2.30. The van der Waals surface area contributed by atoms with Gasteiger partial charge in [0, 0.05) is 13.1 Å². The van der Waals surface area contributed by atoms with Crippen LogP contribution in [0.15, 0.2) is 12.4 Å². The van der Waals surface area contributed by atoms with Gasteiger partial charge in [0.15, 0.2) is 5.69 Å². The lowest BCUT2D eigenvalue weighted by atomic mass is 9.78. The summed E-state index contributed by atoms with van der Waals surface area (Å²) < 4.78 is 0. The van der Waals surface area contributed by atoms with Crippen LogP contribution in [-0.2, 0) is 0 Å². The molecule has 19 heavy (non-hydrogen) atoms. The minimum atomic E-state index is -1.03. The Morgan fingerprint density at radius 3 is 2.84 bits per heavy atom. The zero-order valence-electron chi connectivity index (χ0n) is 11.6. The summed E-state index contributed by atoms with van der Waals surface area (Å²) >= 11 is 0. The van der Waals surface area contributed by atoms with Crippen LogP contribution in [0.25, 0.3) is 0 Å². The highest BCUT2D eigenvalue weighted by molar-refractivity contribution is 5.84. The predicted molar refractivity (Wildman–Crippen MR) is 73.5 cm³/mol. The second kappa shape index (κ2) is 5.55. The summed E-state index contributed by atoms with van der Waals surface area (Å²) in [6.45, 7) is 6.48. The Morgan fingerprint density at radius 1 is 1.47 bits per heavy atom. The molecule has 0 aromatic carbocycles. The molecular weight excluding hydrogens is 242 g/mol. The van der Waals surface area contributed by atoms with E-state index in [1.807, 2.05) is 0 Å². The SMILES string of the molecule is CCCC1(C)CCCN(c2cnc(C(=O)O)cn2)C1. The second-order valence-electron chi connectivity index (χ2n) is 5.65. The molecular formula is C14H21N3O2. The van der Waals surface area contributed by atoms with Gasteiger partial charge in [-0.2, -0.15) is 0 Å². The second-order valence-corrected chi connectivity index (χ2v) is 5.65. The van der Waals surface area contributed by atoms with Gasteiger partial charge in [0.2, 0.25) is 0 Å². The van der Waals surface area contributed by atoms with Crippen LogP contribution in [0.3, 0.4) is 0 Å². The molecule has 5 heteroatoms. The van der Waals surface area contributed by atoms with Crippen LogP contribution in [0.1, 0.15) is 50.0 Å². The fourth-order valence-electron chi connectivity index (χ4n) is 2.91. The van der Waals surface area contributed by atoms with Gasteiger partial charge in [-0.15, -0.1) is 0 Å². The first-order chi connectivity index (χ1) is 9.04. The molecule has 0 saturated carbocycles. The minimum absolute atomic E-state index is 0.00270. The maximum absolute atomic E-state index is 10.8. The number of carboxylic acids is 1. The highest BCUT2D eigenvalue weighted by Crippen LogP contribution is 2.35. The van der Waals surface area contributed by atoms with E-state index in [0.717, 1.165) is 25.3 Å². The summed E-state index contributed by atoms with van der Waals surface area (Å²) in [5.41, 5.74) is 0.331. The first-order valence-corrected chi connectivity index (χ1v) is 6.84. The molecule has 1 saturated heterocycles. The molecule has 2 heterocycles. The number of anilines is 1. The van der Waals surface area contributed by atoms with Gasteiger partial charge in [-0.05, 0) is 24.7 Å². The lowest BCUT2D eigenvalue weighted by molar-refractivity contribution is 0.0690. The molecule has 1 fully saturated rings. The maximum atomic E-state index is 10.8. The summed E-state index contributed by atoms with van der Waals surface area (Å²) in [6, 6.07) is 0. The third-order valence-electron chi connectivity index (χ3n) is 3.82. The van der Waals surface area contributed by atoms with Gasteiger partial charge in [-0.25, -0.2) is 14.8 Å². The monoisotopic (exact) mass is 263 g/mol. The number of aromatic carboxylic acids is 1. The molecule has 0 radical (unpaired) electrons. The standard InChI is InChI=1S/C14H21N3O2/c1-3-5-14(2)6-4-7-17(10-14)12-9-15-11(8-16-12)13(18)19/h8-9H,3-7,10H2,1-2H3,(H,18,19). The first-order valence-electron chi connectivity index (χ1n) is 6.84. The molecule has 1 aliphatic rings. The van der Waals surface area contributed by atoms with Crippen molar-refractivity contribution in [2.75, 3.05) is 18.0 Å². The summed E-state index contributed by atoms with van der Waals surface area (Å²) in [6.07, 6.45) is 7.71. The highest BCUT2D eigenvalue weighted by atomic mass is 16.4. The van der Waals surface area contributed by atoms with Crippen LogP contribution in [0.2, 0.25) is 0 Å². The lowest BCUT2D eigenvalue weighted by Gasteiger charge is -2.41. The Morgan fingerprint density at radius 2 is 2.26 bits per heavy atom. The molecule has 0 spiro atoms. The maximum Gasteiger partial charge on any atom is 0.356 e. The number of nitrogens with zero attached hydrogens (tertiary/aromatic N) is 3. The van der Waals surface area contributed by atoms with Crippen LogP contribution in [0.5, 0.6) is 0 Å². The zero-order valence-corrected chi connectivity index (χ0v) is 11.6. The topological polar surface area (TPSA) is 66.3 Å². The Kier molecular flexibility index (Phi) is 4.02. The quantitative estimate of drug-likeness (QED) is 0.904. The van der Waals surface area contributed by atoms with E-state index in [1.165, 1.54) is 25.5 Å². The average molecular weight is 263 g/mol. The van der Waals surface area contributed by atoms with Crippen molar-refractivity contribution >= 4 is 11.8 Å². The van der Waals surface area contributed by atoms with Gasteiger partial charge in [-0.1, -0.05) is 20.3 Å². The van der Waals surface area contributed by atoms with Crippen molar-refractivity contribution in [3.05, 3.63) is 18.1 Å². The largest absolute Gasteiger partial charge is 0.476 e. The van der Waals surface area contributed by atoms with Crippen molar-refractivity contribution in [1.29, 1.82) is 0 Å². The van der Waals surface area contributed by atoms with E-state index in [2.05, 4.69) is 28.7 Å². The Balaban J connectivity index is 2.10. The molecule has 1 N–H and O–H groups in total. The van der Waals surface area contributed by atoms with Crippen LogP contribution >= 0.6 is 0 Å². The molecule has 1 aromatic heterocycles. The smallest absolute Gasteiger partial charge is 0.356 e. The van der Waals surface area contributed by atoms with Gasteiger partial charge in [-0.3, -0.25) is 0 Å². The van der Waals surface area contributed by atoms with Crippen LogP contribution in [-0.4, -0.2) is 34.1 Å². The number of hydrogen-bond acceptors (Lipinski definition) is 4. The van der Waals surface area contributed by atoms with Crippen molar-refractivity contribution in [3.63, 3.8) is 0 Å². The molecule has 1 unspecified atom stereocenters. The van der Waals surface area contributed by atoms with Crippen molar-refractivity contribution in [2.24, 2.45) is 5.41 Å². The number of hydrogen-bond donors (Lipinski definition) is 1. The zero-order chi connectivity index (χ0) is 13.9. The van der Waals surface area contributed by atoms with E-state index in [-0.39, 0.29) is 5.69 Å². The van der Waals surface area contributed by atoms with Crippen LogP contribution < -0.4 is 4.90 Å². The van der Waals surface area contributed by atoms with E-state index in [9.17, 15) is 4.79 Å². The van der Waals surface area contributed by atoms with Crippen LogP contribution in [0, 0.1) is 5.41 Å². The fourth-order valence-corrected chi connectivity index (χ4v) is 2.91. The van der Waals surface area contributed by atoms with Gasteiger partial charge in [0.1, 0.15) is 5.82 Å². The van der Waals surface area contributed by atoms with Gasteiger partial charge >= 0.3 is 5.97 Å². The van der Waals surface area contributed by atoms with Crippen molar-refractivity contribution in [3.8, 4) is 0 Å². The van der Waals surface area contributed by atoms with E-state index in [0.29, 0.717) is 5.41 Å². The fraction of sp³-hybridized carbons (Fsp3) is 0.643. The first kappa shape index (κ1) is 13.8. The molecule has 104 valence electrons. The Hall–Kier alpha value is -1.65. The molecule has 0 bridgehead atoms. The van der Waals surface area contributed by atoms with E-state index in [4.69, 9.17) is 5.11 Å². The normalized spacial score (nSPS) is 23.4. The number of carboxylic acid groups (broad SMARTS) is 1. The molecule has 1 atom stereocenters. The van der Waals surface area contributed by atoms with E-state index in [1.54, 1.807) is 6.20 Å². The van der Waals surface area contributed by atoms with Crippen molar-refractivity contribution < 1.29 is 9.90 Å². The molecule has 0 amide bonds. The van der Waals surface area contributed by atoms with Gasteiger partial charge in [0.05, 0.1) is 12.4 Å². The Bertz CT molecular complexity index is 443. The third kappa shape index (κ3) is 3.22. The molecule has 1 aromatic rings. The molecule has 2 rings (SSSR count). The lowest BCUT2D eigenvalue weighted by Crippen LogP contribution is -2.42. The molecule has 1 aliphatic heterocycles. The van der Waals surface area contributed by atoms with E-state index >= 15 is 0 Å². The van der Waals surface area contributed by atoms with Gasteiger partial charge in [0.25, 0.3) is 0 Å². The van der Waals surface area contributed by atoms with Crippen LogP contribution in [0.4, 0.5) is 5.82 Å². The third-order valence-corrected chi connectivity index (χ3v) is 3.82. The molecule has 0 aliphatic carbocycles. The number of aromatic nitrogens is 2. The van der Waals surface area contributed by atoms with E-state index < -0.39 is 5.97 Å². The Labute approximate surface area is 113 Å². The number of carbonyl (C=O) groups is 1. The van der Waals surface area contributed by atoms with Crippen molar-refractivity contribution in [2.45, 2.75) is 39.5 Å². The van der Waals surface area contributed by atoms with Crippen molar-refractivity contribution in [1.82, 2.24) is 9.97 Å². The predicted octanol–water partition coefficient (Wildman–Crippen LogP) is 2.58. The number of piperidine rings is 1. The number of rotatable bonds is 4. The minimum Gasteiger partial charge on any atom is -0.476 e. The van der Waals surface area contributed by atoms with Gasteiger partial charge < -0.3 is 10.0 Å². The summed E-state index contributed by atoms with van der Waals surface area (Å²) in [4.78, 5) is 21.2. The summed E-state index contributed by atoms with van der Waals surface area (Å²) in [5.74, 6) is -0.249.